The maximum Gasteiger partial charge on any atom is 0.308 e. The summed E-state index contributed by atoms with van der Waals surface area (Å²) < 4.78 is 5.04. The van der Waals surface area contributed by atoms with Crippen molar-refractivity contribution in [2.24, 2.45) is 0 Å². The lowest BCUT2D eigenvalue weighted by atomic mass is 10.1. The number of carbonyl (C=O) groups excluding carboxylic acids is 3. The van der Waals surface area contributed by atoms with E-state index in [2.05, 4.69) is 5.32 Å². The van der Waals surface area contributed by atoms with E-state index in [-0.39, 0.29) is 37.5 Å². The predicted octanol–water partition coefficient (Wildman–Crippen LogP) is 0.302. The molecule has 2 amide bonds. The van der Waals surface area contributed by atoms with Crippen LogP contribution in [0.1, 0.15) is 45.4 Å². The standard InChI is InChI=1S/C15H24N2O6/c1-2-3-9-23-14(21)10-11-15(22)16-7-8-17(11)12(18)5-4-6-13(19)20/h11H,2-10H2,1H3,(H,16,22)(H,19,20). The number of amides is 2. The smallest absolute Gasteiger partial charge is 0.308 e. The van der Waals surface area contributed by atoms with Crippen molar-refractivity contribution in [2.45, 2.75) is 51.5 Å². The summed E-state index contributed by atoms with van der Waals surface area (Å²) >= 11 is 0. The van der Waals surface area contributed by atoms with Crippen LogP contribution in [0.4, 0.5) is 0 Å². The number of carboxylic acid groups (broad SMARTS) is 1. The first-order valence-corrected chi connectivity index (χ1v) is 7.90. The van der Waals surface area contributed by atoms with Crippen LogP contribution in [-0.4, -0.2) is 59.5 Å². The second-order valence-corrected chi connectivity index (χ2v) is 5.42. The number of rotatable bonds is 9. The van der Waals surface area contributed by atoms with E-state index in [1.54, 1.807) is 0 Å². The third-order valence-electron chi connectivity index (χ3n) is 3.55. The van der Waals surface area contributed by atoms with Gasteiger partial charge < -0.3 is 20.1 Å². The van der Waals surface area contributed by atoms with Gasteiger partial charge in [0.2, 0.25) is 11.8 Å². The highest BCUT2D eigenvalue weighted by atomic mass is 16.5. The Morgan fingerprint density at radius 2 is 2.04 bits per heavy atom. The lowest BCUT2D eigenvalue weighted by molar-refractivity contribution is -0.152. The van der Waals surface area contributed by atoms with Crippen LogP contribution in [0.25, 0.3) is 0 Å². The molecular weight excluding hydrogens is 304 g/mol. The molecule has 130 valence electrons. The minimum Gasteiger partial charge on any atom is -0.481 e. The van der Waals surface area contributed by atoms with Crippen LogP contribution in [-0.2, 0) is 23.9 Å². The molecule has 0 spiro atoms. The number of aliphatic carboxylic acids is 1. The van der Waals surface area contributed by atoms with E-state index in [0.717, 1.165) is 12.8 Å². The highest BCUT2D eigenvalue weighted by molar-refractivity contribution is 5.92. The maximum atomic E-state index is 12.2. The van der Waals surface area contributed by atoms with Crippen LogP contribution in [0.2, 0.25) is 0 Å². The summed E-state index contributed by atoms with van der Waals surface area (Å²) in [7, 11) is 0. The highest BCUT2D eigenvalue weighted by Gasteiger charge is 2.34. The minimum absolute atomic E-state index is 0.0426. The Morgan fingerprint density at radius 1 is 1.30 bits per heavy atom. The van der Waals surface area contributed by atoms with Gasteiger partial charge in [-0.1, -0.05) is 13.3 Å². The lowest BCUT2D eigenvalue weighted by Crippen LogP contribution is -2.57. The van der Waals surface area contributed by atoms with Gasteiger partial charge in [-0.2, -0.15) is 0 Å². The normalized spacial score (nSPS) is 17.5. The molecule has 1 rings (SSSR count). The van der Waals surface area contributed by atoms with Crippen LogP contribution in [0, 0.1) is 0 Å². The van der Waals surface area contributed by atoms with E-state index in [9.17, 15) is 19.2 Å². The van der Waals surface area contributed by atoms with Gasteiger partial charge in [0.1, 0.15) is 6.04 Å². The quantitative estimate of drug-likeness (QED) is 0.465. The fourth-order valence-electron chi connectivity index (χ4n) is 2.30. The van der Waals surface area contributed by atoms with Crippen LogP contribution >= 0.6 is 0 Å². The number of nitrogens with one attached hydrogen (secondary N) is 1. The Hall–Kier alpha value is -2.12. The Balaban J connectivity index is 2.56. The molecule has 8 nitrogen and oxygen atoms in total. The molecule has 0 aromatic carbocycles. The van der Waals surface area contributed by atoms with Crippen molar-refractivity contribution in [3.8, 4) is 0 Å². The lowest BCUT2D eigenvalue weighted by Gasteiger charge is -2.34. The predicted molar refractivity (Wildman–Crippen MR) is 80.5 cm³/mol. The summed E-state index contributed by atoms with van der Waals surface area (Å²) in [5.41, 5.74) is 0. The fraction of sp³-hybridized carbons (Fsp3) is 0.733. The third kappa shape index (κ3) is 6.66. The summed E-state index contributed by atoms with van der Waals surface area (Å²) in [4.78, 5) is 47.8. The van der Waals surface area contributed by atoms with Gasteiger partial charge in [0.05, 0.1) is 13.0 Å². The van der Waals surface area contributed by atoms with Gasteiger partial charge >= 0.3 is 11.9 Å². The largest absolute Gasteiger partial charge is 0.481 e. The van der Waals surface area contributed by atoms with Crippen molar-refractivity contribution in [3.05, 3.63) is 0 Å². The van der Waals surface area contributed by atoms with Gasteiger partial charge in [0.25, 0.3) is 0 Å². The first-order chi connectivity index (χ1) is 11.0. The van der Waals surface area contributed by atoms with Crippen LogP contribution < -0.4 is 5.32 Å². The molecule has 1 fully saturated rings. The molecule has 23 heavy (non-hydrogen) atoms. The average molecular weight is 328 g/mol. The summed E-state index contributed by atoms with van der Waals surface area (Å²) in [6, 6.07) is -0.879. The van der Waals surface area contributed by atoms with Crippen molar-refractivity contribution in [1.82, 2.24) is 10.2 Å². The van der Waals surface area contributed by atoms with Gasteiger partial charge in [0.15, 0.2) is 0 Å². The number of piperazine rings is 1. The molecule has 0 aliphatic carbocycles. The van der Waals surface area contributed by atoms with Gasteiger partial charge in [-0.15, -0.1) is 0 Å². The monoisotopic (exact) mass is 328 g/mol. The number of nitrogens with zero attached hydrogens (tertiary/aromatic N) is 1. The number of unbranched alkanes of at least 4 members (excludes halogenated alkanes) is 1. The number of esters is 1. The van der Waals surface area contributed by atoms with Crippen molar-refractivity contribution in [2.75, 3.05) is 19.7 Å². The minimum atomic E-state index is -0.967. The topological polar surface area (TPSA) is 113 Å². The maximum absolute atomic E-state index is 12.2. The molecule has 1 unspecified atom stereocenters. The summed E-state index contributed by atoms with van der Waals surface area (Å²) in [5, 5.41) is 11.2. The molecule has 0 saturated carbocycles. The molecular formula is C15H24N2O6. The van der Waals surface area contributed by atoms with Gasteiger partial charge in [-0.05, 0) is 12.8 Å². The molecule has 1 aliphatic rings. The molecule has 0 radical (unpaired) electrons. The number of carbonyl (C=O) groups is 4. The van der Waals surface area contributed by atoms with Crippen LogP contribution in [0.5, 0.6) is 0 Å². The Kier molecular flexibility index (Phi) is 8.07. The van der Waals surface area contributed by atoms with Gasteiger partial charge in [0, 0.05) is 25.9 Å². The highest BCUT2D eigenvalue weighted by Crippen LogP contribution is 2.13. The Morgan fingerprint density at radius 3 is 2.70 bits per heavy atom. The van der Waals surface area contributed by atoms with E-state index in [4.69, 9.17) is 9.84 Å². The van der Waals surface area contributed by atoms with E-state index in [1.807, 2.05) is 6.92 Å². The number of hydrogen-bond donors (Lipinski definition) is 2. The zero-order valence-electron chi connectivity index (χ0n) is 13.4. The molecule has 1 saturated heterocycles. The van der Waals surface area contributed by atoms with Gasteiger partial charge in [-0.3, -0.25) is 19.2 Å². The molecule has 1 heterocycles. The number of hydrogen-bond acceptors (Lipinski definition) is 5. The van der Waals surface area contributed by atoms with Crippen molar-refractivity contribution < 1.29 is 29.0 Å². The number of ether oxygens (including phenoxy) is 1. The van der Waals surface area contributed by atoms with Crippen molar-refractivity contribution in [3.63, 3.8) is 0 Å². The zero-order valence-corrected chi connectivity index (χ0v) is 13.4. The molecule has 1 atom stereocenters. The fourth-order valence-corrected chi connectivity index (χ4v) is 2.30. The molecule has 8 heteroatoms. The molecule has 0 aromatic heterocycles. The Bertz CT molecular complexity index is 451. The summed E-state index contributed by atoms with van der Waals surface area (Å²) in [6.45, 7) is 2.91. The average Bonchev–Trinajstić information content (AvgIpc) is 2.49. The molecule has 0 bridgehead atoms. The zero-order chi connectivity index (χ0) is 17.2. The Labute approximate surface area is 135 Å². The van der Waals surface area contributed by atoms with Gasteiger partial charge in [-0.25, -0.2) is 0 Å². The first kappa shape index (κ1) is 18.9. The van der Waals surface area contributed by atoms with Crippen molar-refractivity contribution in [1.29, 1.82) is 0 Å². The van der Waals surface area contributed by atoms with E-state index in [0.29, 0.717) is 19.7 Å². The first-order valence-electron chi connectivity index (χ1n) is 7.90. The summed E-state index contributed by atoms with van der Waals surface area (Å²) in [5.74, 6) is -2.17. The van der Waals surface area contributed by atoms with Crippen LogP contribution in [0.3, 0.4) is 0 Å². The second-order valence-electron chi connectivity index (χ2n) is 5.42. The number of carboxylic acids is 1. The summed E-state index contributed by atoms with van der Waals surface area (Å²) in [6.07, 6.45) is 1.61. The van der Waals surface area contributed by atoms with E-state index in [1.165, 1.54) is 4.90 Å². The molecule has 1 aliphatic heterocycles. The third-order valence-corrected chi connectivity index (χ3v) is 3.55. The van der Waals surface area contributed by atoms with E-state index < -0.39 is 18.0 Å². The van der Waals surface area contributed by atoms with Crippen LogP contribution in [0.15, 0.2) is 0 Å². The van der Waals surface area contributed by atoms with Crippen molar-refractivity contribution >= 4 is 23.8 Å². The molecule has 2 N–H and O–H groups in total. The van der Waals surface area contributed by atoms with E-state index >= 15 is 0 Å². The second kappa shape index (κ2) is 9.81. The molecule has 0 aromatic rings. The SMILES string of the molecule is CCCCOC(=O)CC1C(=O)NCCN1C(=O)CCCC(=O)O.